The zero-order valence-corrected chi connectivity index (χ0v) is 13.3. The summed E-state index contributed by atoms with van der Waals surface area (Å²) in [6.45, 7) is 5.22. The summed E-state index contributed by atoms with van der Waals surface area (Å²) in [6.07, 6.45) is 0.828. The molecule has 1 rings (SSSR count). The van der Waals surface area contributed by atoms with Gasteiger partial charge in [0, 0.05) is 28.7 Å². The molecule has 0 spiro atoms. The summed E-state index contributed by atoms with van der Waals surface area (Å²) in [6, 6.07) is 4.85. The number of anilines is 1. The predicted molar refractivity (Wildman–Crippen MR) is 82.4 cm³/mol. The Morgan fingerprint density at radius 1 is 1.25 bits per heavy atom. The van der Waals surface area contributed by atoms with Crippen LogP contribution in [0.3, 0.4) is 0 Å². The number of nitrogens with one attached hydrogen (secondary N) is 1. The Morgan fingerprint density at radius 2 is 1.80 bits per heavy atom. The second-order valence-electron chi connectivity index (χ2n) is 4.61. The van der Waals surface area contributed by atoms with Gasteiger partial charge in [-0.2, -0.15) is 0 Å². The fourth-order valence-electron chi connectivity index (χ4n) is 1.65. The maximum absolute atomic E-state index is 11.9. The molecule has 0 radical (unpaired) electrons. The number of halogens is 2. The maximum atomic E-state index is 11.9. The number of benzene rings is 1. The van der Waals surface area contributed by atoms with E-state index in [9.17, 15) is 9.59 Å². The highest BCUT2D eigenvalue weighted by atomic mass is 35.5. The van der Waals surface area contributed by atoms with Crippen LogP contribution in [0.2, 0.25) is 10.0 Å². The Kier molecular flexibility index (Phi) is 6.30. The molecule has 1 N–H and O–H groups in total. The number of carbonyl (C=O) groups excluding carboxylic acids is 2. The summed E-state index contributed by atoms with van der Waals surface area (Å²) in [7, 11) is 0. The molecular weight excluding hydrogens is 299 g/mol. The van der Waals surface area contributed by atoms with Crippen molar-refractivity contribution in [2.24, 2.45) is 0 Å². The van der Waals surface area contributed by atoms with E-state index in [2.05, 4.69) is 5.32 Å². The third-order valence-electron chi connectivity index (χ3n) is 2.86. The zero-order valence-electron chi connectivity index (χ0n) is 11.7. The van der Waals surface area contributed by atoms with Gasteiger partial charge in [0.25, 0.3) is 0 Å². The minimum absolute atomic E-state index is 0.0592. The standard InChI is InChI=1S/C14H18Cl2N2O2/c1-4-9(2)17-14(20)8-18(10(3)19)13-6-11(15)5-12(16)7-13/h5-7,9H,4,8H2,1-3H3,(H,17,20). The second-order valence-corrected chi connectivity index (χ2v) is 5.48. The van der Waals surface area contributed by atoms with Crippen LogP contribution < -0.4 is 10.2 Å². The van der Waals surface area contributed by atoms with Crippen LogP contribution in [0.5, 0.6) is 0 Å². The lowest BCUT2D eigenvalue weighted by molar-refractivity contribution is -0.123. The Bertz CT molecular complexity index is 486. The first kappa shape index (κ1) is 16.8. The number of carbonyl (C=O) groups is 2. The molecule has 0 aliphatic rings. The van der Waals surface area contributed by atoms with Gasteiger partial charge in [-0.15, -0.1) is 0 Å². The number of hydrogen-bond acceptors (Lipinski definition) is 2. The van der Waals surface area contributed by atoms with Gasteiger partial charge in [-0.1, -0.05) is 30.1 Å². The van der Waals surface area contributed by atoms with Gasteiger partial charge in [-0.05, 0) is 31.5 Å². The van der Waals surface area contributed by atoms with Gasteiger partial charge in [0.2, 0.25) is 11.8 Å². The van der Waals surface area contributed by atoms with E-state index in [0.29, 0.717) is 15.7 Å². The van der Waals surface area contributed by atoms with E-state index in [-0.39, 0.29) is 24.4 Å². The van der Waals surface area contributed by atoms with Gasteiger partial charge in [0.05, 0.1) is 0 Å². The summed E-state index contributed by atoms with van der Waals surface area (Å²) in [5, 5.41) is 3.65. The van der Waals surface area contributed by atoms with E-state index in [4.69, 9.17) is 23.2 Å². The third kappa shape index (κ3) is 5.02. The van der Waals surface area contributed by atoms with Crippen LogP contribution >= 0.6 is 23.2 Å². The first-order valence-electron chi connectivity index (χ1n) is 6.37. The van der Waals surface area contributed by atoms with Gasteiger partial charge in [-0.25, -0.2) is 0 Å². The molecule has 0 heterocycles. The van der Waals surface area contributed by atoms with Crippen LogP contribution in [0.4, 0.5) is 5.69 Å². The van der Waals surface area contributed by atoms with Crippen molar-refractivity contribution >= 4 is 40.7 Å². The SMILES string of the molecule is CCC(C)NC(=O)CN(C(C)=O)c1cc(Cl)cc(Cl)c1. The minimum atomic E-state index is -0.248. The van der Waals surface area contributed by atoms with Crippen molar-refractivity contribution in [3.63, 3.8) is 0 Å². The molecule has 0 aliphatic carbocycles. The van der Waals surface area contributed by atoms with Crippen LogP contribution in [0, 0.1) is 0 Å². The smallest absolute Gasteiger partial charge is 0.240 e. The fraction of sp³-hybridized carbons (Fsp3) is 0.429. The number of nitrogens with zero attached hydrogens (tertiary/aromatic N) is 1. The molecule has 1 aromatic rings. The molecule has 1 aromatic carbocycles. The summed E-state index contributed by atoms with van der Waals surface area (Å²) < 4.78 is 0. The molecule has 0 bridgehead atoms. The lowest BCUT2D eigenvalue weighted by Gasteiger charge is -2.22. The summed E-state index contributed by atoms with van der Waals surface area (Å²) in [5.74, 6) is -0.465. The molecule has 1 unspecified atom stereocenters. The average molecular weight is 317 g/mol. The zero-order chi connectivity index (χ0) is 15.3. The Labute approximate surface area is 129 Å². The Morgan fingerprint density at radius 3 is 2.25 bits per heavy atom. The molecule has 0 saturated heterocycles. The molecule has 110 valence electrons. The average Bonchev–Trinajstić information content (AvgIpc) is 2.34. The Hall–Kier alpha value is -1.26. The second kappa shape index (κ2) is 7.50. The van der Waals surface area contributed by atoms with Gasteiger partial charge in [0.15, 0.2) is 0 Å². The first-order valence-corrected chi connectivity index (χ1v) is 7.12. The molecule has 0 fully saturated rings. The molecule has 0 aromatic heterocycles. The molecule has 6 heteroatoms. The quantitative estimate of drug-likeness (QED) is 0.906. The third-order valence-corrected chi connectivity index (χ3v) is 3.30. The molecule has 1 atom stereocenters. The molecule has 0 aliphatic heterocycles. The normalized spacial score (nSPS) is 11.8. The summed E-state index contributed by atoms with van der Waals surface area (Å²) >= 11 is 11.8. The lowest BCUT2D eigenvalue weighted by atomic mass is 10.2. The molecule has 2 amide bonds. The largest absolute Gasteiger partial charge is 0.352 e. The van der Waals surface area contributed by atoms with Gasteiger partial charge >= 0.3 is 0 Å². The van der Waals surface area contributed by atoms with Crippen molar-refractivity contribution in [2.75, 3.05) is 11.4 Å². The monoisotopic (exact) mass is 316 g/mol. The van der Waals surface area contributed by atoms with Crippen molar-refractivity contribution < 1.29 is 9.59 Å². The maximum Gasteiger partial charge on any atom is 0.240 e. The van der Waals surface area contributed by atoms with Crippen LogP contribution in [-0.2, 0) is 9.59 Å². The fourth-order valence-corrected chi connectivity index (χ4v) is 2.16. The van der Waals surface area contributed by atoms with E-state index in [1.807, 2.05) is 13.8 Å². The number of hydrogen-bond donors (Lipinski definition) is 1. The topological polar surface area (TPSA) is 49.4 Å². The van der Waals surface area contributed by atoms with Crippen molar-refractivity contribution in [1.29, 1.82) is 0 Å². The van der Waals surface area contributed by atoms with Gasteiger partial charge in [-0.3, -0.25) is 9.59 Å². The van der Waals surface area contributed by atoms with Crippen LogP contribution in [0.25, 0.3) is 0 Å². The van der Waals surface area contributed by atoms with E-state index in [0.717, 1.165) is 6.42 Å². The lowest BCUT2D eigenvalue weighted by Crippen LogP contribution is -2.42. The molecular formula is C14H18Cl2N2O2. The highest BCUT2D eigenvalue weighted by Crippen LogP contribution is 2.25. The summed E-state index contributed by atoms with van der Waals surface area (Å²) in [4.78, 5) is 25.0. The highest BCUT2D eigenvalue weighted by molar-refractivity contribution is 6.35. The predicted octanol–water partition coefficient (Wildman–Crippen LogP) is 3.26. The van der Waals surface area contributed by atoms with Crippen molar-refractivity contribution in [1.82, 2.24) is 5.32 Å². The number of amides is 2. The van der Waals surface area contributed by atoms with Crippen LogP contribution in [0.15, 0.2) is 18.2 Å². The van der Waals surface area contributed by atoms with E-state index in [1.54, 1.807) is 18.2 Å². The van der Waals surface area contributed by atoms with Crippen LogP contribution in [0.1, 0.15) is 27.2 Å². The van der Waals surface area contributed by atoms with E-state index >= 15 is 0 Å². The van der Waals surface area contributed by atoms with Gasteiger partial charge in [0.1, 0.15) is 6.54 Å². The van der Waals surface area contributed by atoms with E-state index < -0.39 is 0 Å². The van der Waals surface area contributed by atoms with Crippen molar-refractivity contribution in [2.45, 2.75) is 33.2 Å². The number of rotatable bonds is 5. The van der Waals surface area contributed by atoms with Crippen molar-refractivity contribution in [3.8, 4) is 0 Å². The van der Waals surface area contributed by atoms with E-state index in [1.165, 1.54) is 11.8 Å². The molecule has 0 saturated carbocycles. The minimum Gasteiger partial charge on any atom is -0.352 e. The molecule has 4 nitrogen and oxygen atoms in total. The molecule has 20 heavy (non-hydrogen) atoms. The van der Waals surface area contributed by atoms with Gasteiger partial charge < -0.3 is 10.2 Å². The highest BCUT2D eigenvalue weighted by Gasteiger charge is 2.17. The van der Waals surface area contributed by atoms with Crippen LogP contribution in [-0.4, -0.2) is 24.4 Å². The Balaban J connectivity index is 2.89. The van der Waals surface area contributed by atoms with Crippen molar-refractivity contribution in [3.05, 3.63) is 28.2 Å². The summed E-state index contributed by atoms with van der Waals surface area (Å²) in [5.41, 5.74) is 0.509. The first-order chi connectivity index (χ1) is 9.33.